The molecule has 3 aromatic rings. The Morgan fingerprint density at radius 3 is 2.52 bits per heavy atom. The first kappa shape index (κ1) is 21.5. The third kappa shape index (κ3) is 4.30. The first-order chi connectivity index (χ1) is 16.1. The molecule has 0 aliphatic carbocycles. The van der Waals surface area contributed by atoms with Crippen molar-refractivity contribution >= 4 is 17.3 Å². The van der Waals surface area contributed by atoms with E-state index in [0.717, 1.165) is 18.4 Å². The fourth-order valence-corrected chi connectivity index (χ4v) is 4.71. The molecule has 5 rings (SSSR count). The number of hydrogen-bond donors (Lipinski definition) is 0. The molecule has 0 saturated carbocycles. The Kier molecular flexibility index (Phi) is 6.00. The number of piperidine rings is 1. The Bertz CT molecular complexity index is 1160. The van der Waals surface area contributed by atoms with E-state index in [1.807, 2.05) is 34.2 Å². The second-order valence-electron chi connectivity index (χ2n) is 8.55. The Balaban J connectivity index is 1.29. The number of amides is 2. The van der Waals surface area contributed by atoms with E-state index in [4.69, 9.17) is 9.47 Å². The molecule has 8 nitrogen and oxygen atoms in total. The van der Waals surface area contributed by atoms with Crippen molar-refractivity contribution < 1.29 is 19.1 Å². The summed E-state index contributed by atoms with van der Waals surface area (Å²) in [5.41, 5.74) is 3.30. The van der Waals surface area contributed by atoms with E-state index < -0.39 is 0 Å². The van der Waals surface area contributed by atoms with Crippen LogP contribution in [-0.4, -0.2) is 77.7 Å². The maximum Gasteiger partial charge on any atom is 0.257 e. The number of likely N-dealkylation sites (tertiary alicyclic amines) is 1. The highest BCUT2D eigenvalue weighted by Crippen LogP contribution is 2.30. The quantitative estimate of drug-likeness (QED) is 0.614. The number of morpholine rings is 1. The van der Waals surface area contributed by atoms with Gasteiger partial charge in [-0.3, -0.25) is 9.59 Å². The lowest BCUT2D eigenvalue weighted by molar-refractivity contribution is 0.0304. The number of ether oxygens (including phenoxy) is 2. The molecular weight excluding hydrogens is 420 g/mol. The zero-order chi connectivity index (χ0) is 22.8. The van der Waals surface area contributed by atoms with Crippen molar-refractivity contribution in [2.45, 2.75) is 18.8 Å². The molecule has 0 N–H and O–H groups in total. The Labute approximate surface area is 192 Å². The van der Waals surface area contributed by atoms with Gasteiger partial charge in [-0.25, -0.2) is 4.52 Å². The topological polar surface area (TPSA) is 76.4 Å². The summed E-state index contributed by atoms with van der Waals surface area (Å²) in [4.78, 5) is 29.7. The molecule has 2 amide bonds. The number of rotatable bonds is 4. The summed E-state index contributed by atoms with van der Waals surface area (Å²) in [6, 6.07) is 11.5. The van der Waals surface area contributed by atoms with Crippen molar-refractivity contribution in [3.8, 4) is 5.75 Å². The summed E-state index contributed by atoms with van der Waals surface area (Å²) in [6.07, 6.45) is 5.35. The summed E-state index contributed by atoms with van der Waals surface area (Å²) < 4.78 is 12.4. The van der Waals surface area contributed by atoms with E-state index in [9.17, 15) is 9.59 Å². The van der Waals surface area contributed by atoms with Gasteiger partial charge in [0, 0.05) is 37.9 Å². The van der Waals surface area contributed by atoms with Crippen LogP contribution in [0.1, 0.15) is 45.0 Å². The zero-order valence-corrected chi connectivity index (χ0v) is 18.8. The molecule has 1 aromatic carbocycles. The average Bonchev–Trinajstić information content (AvgIpc) is 3.32. The maximum absolute atomic E-state index is 13.0. The average molecular weight is 449 g/mol. The molecule has 2 aliphatic heterocycles. The number of fused-ring (bicyclic) bond motifs is 1. The fourth-order valence-electron chi connectivity index (χ4n) is 4.71. The van der Waals surface area contributed by atoms with Gasteiger partial charge in [0.25, 0.3) is 11.8 Å². The molecule has 33 heavy (non-hydrogen) atoms. The summed E-state index contributed by atoms with van der Waals surface area (Å²) >= 11 is 0. The van der Waals surface area contributed by atoms with Crippen LogP contribution in [0.4, 0.5) is 0 Å². The largest absolute Gasteiger partial charge is 0.497 e. The van der Waals surface area contributed by atoms with Crippen LogP contribution in [0.25, 0.3) is 5.52 Å². The van der Waals surface area contributed by atoms with Gasteiger partial charge in [-0.05, 0) is 54.7 Å². The van der Waals surface area contributed by atoms with Crippen molar-refractivity contribution in [3.63, 3.8) is 0 Å². The second kappa shape index (κ2) is 9.23. The lowest BCUT2D eigenvalue weighted by atomic mass is 9.89. The van der Waals surface area contributed by atoms with Gasteiger partial charge in [0.15, 0.2) is 0 Å². The van der Waals surface area contributed by atoms with Gasteiger partial charge >= 0.3 is 0 Å². The van der Waals surface area contributed by atoms with Crippen LogP contribution in [0.15, 0.2) is 48.8 Å². The van der Waals surface area contributed by atoms with E-state index in [-0.39, 0.29) is 11.8 Å². The number of pyridine rings is 1. The van der Waals surface area contributed by atoms with Gasteiger partial charge in [-0.1, -0.05) is 6.07 Å². The van der Waals surface area contributed by atoms with Crippen LogP contribution >= 0.6 is 0 Å². The van der Waals surface area contributed by atoms with Gasteiger partial charge in [-0.2, -0.15) is 5.10 Å². The minimum absolute atomic E-state index is 0.00385. The van der Waals surface area contributed by atoms with E-state index in [1.165, 1.54) is 5.56 Å². The number of aromatic nitrogens is 2. The summed E-state index contributed by atoms with van der Waals surface area (Å²) in [5, 5.41) is 4.38. The van der Waals surface area contributed by atoms with Crippen molar-refractivity contribution in [2.75, 3.05) is 46.5 Å². The summed E-state index contributed by atoms with van der Waals surface area (Å²) in [6.45, 7) is 3.76. The summed E-state index contributed by atoms with van der Waals surface area (Å²) in [5.74, 6) is 1.07. The first-order valence-electron chi connectivity index (χ1n) is 11.4. The van der Waals surface area contributed by atoms with Gasteiger partial charge in [0.05, 0.1) is 37.6 Å². The van der Waals surface area contributed by atoms with E-state index >= 15 is 0 Å². The molecule has 0 radical (unpaired) electrons. The predicted octanol–water partition coefficient (Wildman–Crippen LogP) is 2.84. The lowest BCUT2D eigenvalue weighted by Crippen LogP contribution is -2.40. The number of hydrogen-bond acceptors (Lipinski definition) is 5. The number of carbonyl (C=O) groups excluding carboxylic acids is 2. The molecule has 0 spiro atoms. The highest BCUT2D eigenvalue weighted by molar-refractivity contribution is 6.00. The Morgan fingerprint density at radius 1 is 1.00 bits per heavy atom. The molecule has 172 valence electrons. The monoisotopic (exact) mass is 448 g/mol. The van der Waals surface area contributed by atoms with Crippen LogP contribution in [0.3, 0.4) is 0 Å². The van der Waals surface area contributed by atoms with Crippen LogP contribution < -0.4 is 4.74 Å². The molecule has 4 heterocycles. The number of nitrogens with zero attached hydrogens (tertiary/aromatic N) is 4. The van der Waals surface area contributed by atoms with Crippen molar-refractivity contribution in [3.05, 3.63) is 65.5 Å². The van der Waals surface area contributed by atoms with Crippen molar-refractivity contribution in [1.29, 1.82) is 0 Å². The molecular formula is C25H28N4O4. The fraction of sp³-hybridized carbons (Fsp3) is 0.400. The van der Waals surface area contributed by atoms with E-state index in [0.29, 0.717) is 62.2 Å². The molecule has 0 atom stereocenters. The van der Waals surface area contributed by atoms with Crippen LogP contribution in [0.5, 0.6) is 5.75 Å². The van der Waals surface area contributed by atoms with Crippen LogP contribution in [-0.2, 0) is 4.74 Å². The highest BCUT2D eigenvalue weighted by atomic mass is 16.5. The number of methoxy groups -OCH3 is 1. The lowest BCUT2D eigenvalue weighted by Gasteiger charge is -2.32. The molecule has 2 aromatic heterocycles. The van der Waals surface area contributed by atoms with Gasteiger partial charge in [0.2, 0.25) is 0 Å². The molecule has 0 bridgehead atoms. The van der Waals surface area contributed by atoms with E-state index in [1.54, 1.807) is 23.9 Å². The minimum Gasteiger partial charge on any atom is -0.497 e. The molecule has 8 heteroatoms. The Morgan fingerprint density at radius 2 is 1.76 bits per heavy atom. The van der Waals surface area contributed by atoms with Crippen molar-refractivity contribution in [2.24, 2.45) is 0 Å². The first-order valence-corrected chi connectivity index (χ1v) is 11.4. The molecule has 2 saturated heterocycles. The number of benzene rings is 1. The zero-order valence-electron chi connectivity index (χ0n) is 18.8. The van der Waals surface area contributed by atoms with E-state index in [2.05, 4.69) is 17.2 Å². The van der Waals surface area contributed by atoms with Gasteiger partial charge in [-0.15, -0.1) is 0 Å². The normalized spacial score (nSPS) is 17.4. The van der Waals surface area contributed by atoms with Crippen LogP contribution in [0, 0.1) is 0 Å². The second-order valence-corrected chi connectivity index (χ2v) is 8.55. The SMILES string of the molecule is COc1cccc(C(=O)N2CCC(c3ccn4ncc(C(=O)N5CCOCC5)c4c3)CC2)c1. The molecule has 2 fully saturated rings. The smallest absolute Gasteiger partial charge is 0.257 e. The van der Waals surface area contributed by atoms with Crippen molar-refractivity contribution in [1.82, 2.24) is 19.4 Å². The Hall–Kier alpha value is -3.39. The minimum atomic E-state index is 0.00385. The van der Waals surface area contributed by atoms with Crippen LogP contribution in [0.2, 0.25) is 0 Å². The van der Waals surface area contributed by atoms with Gasteiger partial charge < -0.3 is 19.3 Å². The standard InChI is InChI=1S/C25H28N4O4/c1-32-21-4-2-3-20(15-21)24(30)27-8-5-18(6-9-27)19-7-10-29-23(16-19)22(17-26-29)25(31)28-11-13-33-14-12-28/h2-4,7,10,15-18H,5-6,8-9,11-14H2,1H3. The maximum atomic E-state index is 13.0. The third-order valence-electron chi connectivity index (χ3n) is 6.64. The predicted molar refractivity (Wildman–Crippen MR) is 123 cm³/mol. The highest BCUT2D eigenvalue weighted by Gasteiger charge is 2.26. The molecule has 0 unspecified atom stereocenters. The number of carbonyl (C=O) groups is 2. The molecule has 2 aliphatic rings. The third-order valence-corrected chi connectivity index (χ3v) is 6.64. The van der Waals surface area contributed by atoms with Gasteiger partial charge in [0.1, 0.15) is 5.75 Å². The summed E-state index contributed by atoms with van der Waals surface area (Å²) in [7, 11) is 1.60.